The normalized spacial score (nSPS) is 17.5. The van der Waals surface area contributed by atoms with Crippen LogP contribution in [-0.2, 0) is 14.9 Å². The van der Waals surface area contributed by atoms with E-state index in [1.165, 1.54) is 0 Å². The van der Waals surface area contributed by atoms with Gasteiger partial charge in [-0.1, -0.05) is 18.2 Å². The molecular weight excluding hydrogens is 294 g/mol. The maximum absolute atomic E-state index is 12.2. The molecule has 5 heteroatoms. The fraction of sp³-hybridized carbons (Fsp3) is 0.556. The third-order valence-electron chi connectivity index (χ3n) is 4.18. The van der Waals surface area contributed by atoms with Gasteiger partial charge in [0, 0.05) is 18.7 Å². The monoisotopic (exact) mass is 319 g/mol. The predicted molar refractivity (Wildman–Crippen MR) is 87.8 cm³/mol. The number of hydrogen-bond acceptors (Lipinski definition) is 4. The minimum absolute atomic E-state index is 0.322. The Morgan fingerprint density at radius 1 is 1.22 bits per heavy atom. The summed E-state index contributed by atoms with van der Waals surface area (Å²) in [7, 11) is 1.60. The van der Waals surface area contributed by atoms with Crippen LogP contribution in [0.3, 0.4) is 0 Å². The number of rotatable bonds is 3. The van der Waals surface area contributed by atoms with Crippen molar-refractivity contribution in [2.75, 3.05) is 20.2 Å². The van der Waals surface area contributed by atoms with Gasteiger partial charge in [0.05, 0.1) is 12.5 Å². The van der Waals surface area contributed by atoms with Gasteiger partial charge in [0.1, 0.15) is 17.6 Å². The van der Waals surface area contributed by atoms with Crippen molar-refractivity contribution in [1.29, 1.82) is 0 Å². The summed E-state index contributed by atoms with van der Waals surface area (Å²) in [6.07, 6.45) is 1.81. The average Bonchev–Trinajstić information content (AvgIpc) is 2.53. The summed E-state index contributed by atoms with van der Waals surface area (Å²) >= 11 is 0. The van der Waals surface area contributed by atoms with E-state index in [2.05, 4.69) is 0 Å². The SMILES string of the molecule is COc1ccccc1C1(C=O)CCN(C(=O)OC(C)(C)C)CC1. The first-order chi connectivity index (χ1) is 10.8. The van der Waals surface area contributed by atoms with Crippen LogP contribution in [-0.4, -0.2) is 43.1 Å². The molecule has 1 aliphatic heterocycles. The number of nitrogens with zero attached hydrogens (tertiary/aromatic N) is 1. The highest BCUT2D eigenvalue weighted by Gasteiger charge is 2.40. The lowest BCUT2D eigenvalue weighted by atomic mass is 9.73. The minimum Gasteiger partial charge on any atom is -0.496 e. The second-order valence-corrected chi connectivity index (χ2v) is 6.94. The smallest absolute Gasteiger partial charge is 0.410 e. The molecule has 1 saturated heterocycles. The summed E-state index contributed by atoms with van der Waals surface area (Å²) in [5.41, 5.74) is -0.231. The highest BCUT2D eigenvalue weighted by molar-refractivity contribution is 5.73. The van der Waals surface area contributed by atoms with Gasteiger partial charge in [-0.05, 0) is 39.7 Å². The molecule has 0 saturated carbocycles. The third-order valence-corrected chi connectivity index (χ3v) is 4.18. The maximum atomic E-state index is 12.2. The molecule has 0 aliphatic carbocycles. The molecular formula is C18H25NO4. The van der Waals surface area contributed by atoms with E-state index < -0.39 is 11.0 Å². The Hall–Kier alpha value is -2.04. The molecule has 1 aliphatic rings. The van der Waals surface area contributed by atoms with Crippen molar-refractivity contribution in [3.63, 3.8) is 0 Å². The van der Waals surface area contributed by atoms with Crippen molar-refractivity contribution in [3.05, 3.63) is 29.8 Å². The Balaban J connectivity index is 2.14. The number of benzene rings is 1. The van der Waals surface area contributed by atoms with E-state index >= 15 is 0 Å². The maximum Gasteiger partial charge on any atom is 0.410 e. The fourth-order valence-electron chi connectivity index (χ4n) is 2.92. The van der Waals surface area contributed by atoms with Gasteiger partial charge in [0.2, 0.25) is 0 Å². The van der Waals surface area contributed by atoms with Gasteiger partial charge >= 0.3 is 6.09 Å². The number of piperidine rings is 1. The van der Waals surface area contributed by atoms with Crippen molar-refractivity contribution in [2.24, 2.45) is 0 Å². The lowest BCUT2D eigenvalue weighted by Crippen LogP contribution is -2.47. The Morgan fingerprint density at radius 2 is 1.83 bits per heavy atom. The number of likely N-dealkylation sites (tertiary alicyclic amines) is 1. The van der Waals surface area contributed by atoms with E-state index in [1.54, 1.807) is 12.0 Å². The molecule has 0 N–H and O–H groups in total. The van der Waals surface area contributed by atoms with Crippen LogP contribution in [0.4, 0.5) is 4.79 Å². The number of aldehydes is 1. The molecule has 1 aromatic carbocycles. The lowest BCUT2D eigenvalue weighted by Gasteiger charge is -2.39. The number of para-hydroxylation sites is 1. The van der Waals surface area contributed by atoms with Crippen LogP contribution >= 0.6 is 0 Å². The van der Waals surface area contributed by atoms with Crippen LogP contribution in [0.15, 0.2) is 24.3 Å². The molecule has 0 spiro atoms. The van der Waals surface area contributed by atoms with Crippen LogP contribution < -0.4 is 4.74 Å². The van der Waals surface area contributed by atoms with Gasteiger partial charge in [-0.15, -0.1) is 0 Å². The zero-order chi connectivity index (χ0) is 17.1. The largest absolute Gasteiger partial charge is 0.496 e. The van der Waals surface area contributed by atoms with Crippen molar-refractivity contribution in [2.45, 2.75) is 44.6 Å². The van der Waals surface area contributed by atoms with Crippen LogP contribution in [0.2, 0.25) is 0 Å². The minimum atomic E-state index is -0.606. The highest BCUT2D eigenvalue weighted by atomic mass is 16.6. The van der Waals surface area contributed by atoms with Crippen molar-refractivity contribution in [3.8, 4) is 5.75 Å². The average molecular weight is 319 g/mol. The van der Waals surface area contributed by atoms with E-state index in [-0.39, 0.29) is 6.09 Å². The molecule has 0 unspecified atom stereocenters. The van der Waals surface area contributed by atoms with Crippen molar-refractivity contribution >= 4 is 12.4 Å². The first-order valence-electron chi connectivity index (χ1n) is 7.89. The van der Waals surface area contributed by atoms with Crippen LogP contribution in [0.25, 0.3) is 0 Å². The third kappa shape index (κ3) is 3.84. The second kappa shape index (κ2) is 6.60. The van der Waals surface area contributed by atoms with Crippen LogP contribution in [0.5, 0.6) is 5.75 Å². The number of amides is 1. The Labute approximate surface area is 137 Å². The summed E-state index contributed by atoms with van der Waals surface area (Å²) in [6, 6.07) is 7.58. The summed E-state index contributed by atoms with van der Waals surface area (Å²) in [6.45, 7) is 6.52. The van der Waals surface area contributed by atoms with E-state index in [4.69, 9.17) is 9.47 Å². The van der Waals surface area contributed by atoms with Gasteiger partial charge in [-0.2, -0.15) is 0 Å². The molecule has 0 radical (unpaired) electrons. The number of carbonyl (C=O) groups excluding carboxylic acids is 2. The topological polar surface area (TPSA) is 55.8 Å². The molecule has 126 valence electrons. The Morgan fingerprint density at radius 3 is 2.35 bits per heavy atom. The van der Waals surface area contributed by atoms with Gasteiger partial charge < -0.3 is 19.2 Å². The lowest BCUT2D eigenvalue weighted by molar-refractivity contribution is -0.114. The number of ether oxygens (including phenoxy) is 2. The number of hydrogen-bond donors (Lipinski definition) is 0. The zero-order valence-electron chi connectivity index (χ0n) is 14.3. The van der Waals surface area contributed by atoms with Crippen LogP contribution in [0, 0.1) is 0 Å². The summed E-state index contributed by atoms with van der Waals surface area (Å²) < 4.78 is 10.8. The molecule has 23 heavy (non-hydrogen) atoms. The van der Waals surface area contributed by atoms with Gasteiger partial charge in [-0.25, -0.2) is 4.79 Å². The van der Waals surface area contributed by atoms with E-state index in [0.717, 1.165) is 11.8 Å². The second-order valence-electron chi connectivity index (χ2n) is 6.94. The first kappa shape index (κ1) is 17.3. The van der Waals surface area contributed by atoms with E-state index in [0.29, 0.717) is 31.7 Å². The molecule has 5 nitrogen and oxygen atoms in total. The molecule has 0 aromatic heterocycles. The molecule has 1 fully saturated rings. The molecule has 2 rings (SSSR count). The zero-order valence-corrected chi connectivity index (χ0v) is 14.3. The van der Waals surface area contributed by atoms with Crippen LogP contribution in [0.1, 0.15) is 39.2 Å². The van der Waals surface area contributed by atoms with E-state index in [9.17, 15) is 9.59 Å². The summed E-state index contributed by atoms with van der Waals surface area (Å²) in [5.74, 6) is 0.713. The molecule has 1 amide bonds. The van der Waals surface area contributed by atoms with Crippen molar-refractivity contribution < 1.29 is 19.1 Å². The van der Waals surface area contributed by atoms with Gasteiger partial charge in [-0.3, -0.25) is 0 Å². The van der Waals surface area contributed by atoms with Gasteiger partial charge in [0.25, 0.3) is 0 Å². The van der Waals surface area contributed by atoms with Gasteiger partial charge in [0.15, 0.2) is 0 Å². The Bertz CT molecular complexity index is 569. The number of carbonyl (C=O) groups is 2. The molecule has 0 bridgehead atoms. The molecule has 1 heterocycles. The van der Waals surface area contributed by atoms with E-state index in [1.807, 2.05) is 45.0 Å². The quantitative estimate of drug-likeness (QED) is 0.803. The predicted octanol–water partition coefficient (Wildman–Crippen LogP) is 3.16. The summed E-state index contributed by atoms with van der Waals surface area (Å²) in [5, 5.41) is 0. The number of methoxy groups -OCH3 is 1. The molecule has 1 aromatic rings. The summed E-state index contributed by atoms with van der Waals surface area (Å²) in [4.78, 5) is 25.7. The molecule has 0 atom stereocenters. The Kier molecular flexibility index (Phi) is 4.97. The van der Waals surface area contributed by atoms with Crippen molar-refractivity contribution in [1.82, 2.24) is 4.90 Å². The fourth-order valence-corrected chi connectivity index (χ4v) is 2.92. The standard InChI is InChI=1S/C18H25NO4/c1-17(2,3)23-16(21)19-11-9-18(13-20,10-12-19)14-7-5-6-8-15(14)22-4/h5-8,13H,9-12H2,1-4H3. The highest BCUT2D eigenvalue weighted by Crippen LogP contribution is 2.38. The first-order valence-corrected chi connectivity index (χ1v) is 7.89.